The van der Waals surface area contributed by atoms with Crippen molar-refractivity contribution < 1.29 is 26.8 Å². The molecule has 2 saturated heterocycles. The summed E-state index contributed by atoms with van der Waals surface area (Å²) < 4.78 is 50.9. The van der Waals surface area contributed by atoms with Crippen molar-refractivity contribution in [2.75, 3.05) is 25.9 Å². The highest BCUT2D eigenvalue weighted by atomic mass is 32.2. The van der Waals surface area contributed by atoms with Crippen LogP contribution in [0.4, 0.5) is 8.78 Å². The molecular formula is C15H16F2N2O4S. The van der Waals surface area contributed by atoms with E-state index in [9.17, 15) is 26.8 Å². The first-order chi connectivity index (χ1) is 11.2. The van der Waals surface area contributed by atoms with Gasteiger partial charge in [0.25, 0.3) is 5.91 Å². The average molecular weight is 358 g/mol. The van der Waals surface area contributed by atoms with Crippen molar-refractivity contribution in [2.45, 2.75) is 17.7 Å². The van der Waals surface area contributed by atoms with Crippen molar-refractivity contribution in [3.63, 3.8) is 0 Å². The van der Waals surface area contributed by atoms with Crippen LogP contribution in [0.2, 0.25) is 0 Å². The average Bonchev–Trinajstić information content (AvgIpc) is 2.70. The van der Waals surface area contributed by atoms with E-state index < -0.39 is 43.9 Å². The normalized spacial score (nSPS) is 22.2. The summed E-state index contributed by atoms with van der Waals surface area (Å²) >= 11 is 0. The fourth-order valence-corrected chi connectivity index (χ4v) is 5.46. The quantitative estimate of drug-likeness (QED) is 0.744. The summed E-state index contributed by atoms with van der Waals surface area (Å²) in [5.74, 6) is -3.61. The van der Waals surface area contributed by atoms with Crippen LogP contribution >= 0.6 is 0 Å². The molecule has 130 valence electrons. The lowest BCUT2D eigenvalue weighted by Gasteiger charge is -2.41. The summed E-state index contributed by atoms with van der Waals surface area (Å²) in [4.78, 5) is 25.5. The lowest BCUT2D eigenvalue weighted by atomic mass is 10.0. The number of halogens is 2. The Hall–Kier alpha value is -2.03. The molecule has 1 aromatic rings. The van der Waals surface area contributed by atoms with E-state index in [1.165, 1.54) is 22.9 Å². The monoisotopic (exact) mass is 358 g/mol. The highest BCUT2D eigenvalue weighted by molar-refractivity contribution is 7.93. The molecule has 2 amide bonds. The molecule has 2 aliphatic rings. The molecule has 0 N–H and O–H groups in total. The molecular weight excluding hydrogens is 342 g/mol. The van der Waals surface area contributed by atoms with Gasteiger partial charge in [0, 0.05) is 38.5 Å². The summed E-state index contributed by atoms with van der Waals surface area (Å²) in [6, 6.07) is 2.89. The van der Waals surface area contributed by atoms with Crippen molar-refractivity contribution in [3.05, 3.63) is 35.4 Å². The minimum absolute atomic E-state index is 0.00330. The zero-order valence-electron chi connectivity index (χ0n) is 13.0. The highest BCUT2D eigenvalue weighted by Crippen LogP contribution is 2.38. The van der Waals surface area contributed by atoms with Crippen LogP contribution in [0.25, 0.3) is 0 Å². The topological polar surface area (TPSA) is 74.8 Å². The number of sulfone groups is 1. The molecule has 2 aliphatic heterocycles. The third kappa shape index (κ3) is 2.38. The van der Waals surface area contributed by atoms with E-state index in [4.69, 9.17) is 0 Å². The zero-order chi connectivity index (χ0) is 17.7. The van der Waals surface area contributed by atoms with Crippen LogP contribution < -0.4 is 0 Å². The number of hydrogen-bond acceptors (Lipinski definition) is 4. The van der Waals surface area contributed by atoms with Crippen molar-refractivity contribution in [2.24, 2.45) is 0 Å². The van der Waals surface area contributed by atoms with Crippen LogP contribution in [0, 0.1) is 11.6 Å². The first-order valence-electron chi connectivity index (χ1n) is 7.41. The Kier molecular flexibility index (Phi) is 3.86. The van der Waals surface area contributed by atoms with Crippen molar-refractivity contribution in [1.82, 2.24) is 9.80 Å². The molecule has 2 heterocycles. The number of likely N-dealkylation sites (tertiary alicyclic amines) is 1. The maximum Gasteiger partial charge on any atom is 0.253 e. The van der Waals surface area contributed by atoms with Gasteiger partial charge in [-0.1, -0.05) is 0 Å². The maximum atomic E-state index is 13.3. The minimum Gasteiger partial charge on any atom is -0.338 e. The van der Waals surface area contributed by atoms with Crippen molar-refractivity contribution >= 4 is 21.7 Å². The van der Waals surface area contributed by atoms with Gasteiger partial charge in [0.15, 0.2) is 21.5 Å². The molecule has 24 heavy (non-hydrogen) atoms. The molecule has 0 aromatic heterocycles. The van der Waals surface area contributed by atoms with E-state index in [0.717, 1.165) is 12.1 Å². The van der Waals surface area contributed by atoms with Gasteiger partial charge in [0.1, 0.15) is 10.6 Å². The highest BCUT2D eigenvalue weighted by Gasteiger charge is 2.57. The van der Waals surface area contributed by atoms with E-state index in [0.29, 0.717) is 0 Å². The predicted molar refractivity (Wildman–Crippen MR) is 80.8 cm³/mol. The van der Waals surface area contributed by atoms with Crippen LogP contribution in [0.1, 0.15) is 23.2 Å². The number of hydrogen-bond donors (Lipinski definition) is 0. The predicted octanol–water partition coefficient (Wildman–Crippen LogP) is 0.784. The van der Waals surface area contributed by atoms with Gasteiger partial charge in [-0.2, -0.15) is 0 Å². The molecule has 3 rings (SSSR count). The summed E-state index contributed by atoms with van der Waals surface area (Å²) in [5.41, 5.74) is 0.00330. The van der Waals surface area contributed by atoms with Gasteiger partial charge in [-0.25, -0.2) is 17.2 Å². The largest absolute Gasteiger partial charge is 0.338 e. The van der Waals surface area contributed by atoms with Gasteiger partial charge in [0.05, 0.1) is 0 Å². The molecule has 0 aliphatic carbocycles. The lowest BCUT2D eigenvalue weighted by Crippen LogP contribution is -2.55. The molecule has 1 spiro atoms. The second kappa shape index (κ2) is 5.51. The Bertz CT molecular complexity index is 817. The Morgan fingerprint density at radius 1 is 1.17 bits per heavy atom. The molecule has 0 radical (unpaired) electrons. The molecule has 6 nitrogen and oxygen atoms in total. The lowest BCUT2D eigenvalue weighted by molar-refractivity contribution is -0.129. The van der Waals surface area contributed by atoms with E-state index in [1.807, 2.05) is 0 Å². The van der Waals surface area contributed by atoms with Crippen molar-refractivity contribution in [3.8, 4) is 0 Å². The van der Waals surface area contributed by atoms with Gasteiger partial charge < -0.3 is 9.80 Å². The second-order valence-electron chi connectivity index (χ2n) is 6.08. The van der Waals surface area contributed by atoms with E-state index in [-0.39, 0.29) is 31.5 Å². The fourth-order valence-electron chi connectivity index (χ4n) is 3.35. The molecule has 0 unspecified atom stereocenters. The molecule has 0 atom stereocenters. The van der Waals surface area contributed by atoms with E-state index >= 15 is 0 Å². The third-order valence-corrected chi connectivity index (χ3v) is 7.34. The number of nitrogens with zero attached hydrogens (tertiary/aromatic N) is 2. The van der Waals surface area contributed by atoms with Crippen LogP contribution in [-0.4, -0.2) is 60.8 Å². The Balaban J connectivity index is 1.79. The number of rotatable bonds is 1. The summed E-state index contributed by atoms with van der Waals surface area (Å²) in [6.07, 6.45) is 0.208. The number of amides is 2. The fraction of sp³-hybridized carbons (Fsp3) is 0.467. The molecule has 0 saturated carbocycles. The van der Waals surface area contributed by atoms with E-state index in [1.54, 1.807) is 0 Å². The van der Waals surface area contributed by atoms with Gasteiger partial charge in [-0.05, 0) is 18.2 Å². The van der Waals surface area contributed by atoms with Crippen LogP contribution in [0.3, 0.4) is 0 Å². The summed E-state index contributed by atoms with van der Waals surface area (Å²) in [6.45, 7) is 0.239. The Morgan fingerprint density at radius 3 is 2.29 bits per heavy atom. The number of carbonyl (C=O) groups excluding carboxylic acids is 2. The SMILES string of the molecule is CN1C(=O)CS(=O)(=O)C12CCN(C(=O)c1ccc(F)c(F)c1)CC2. The first-order valence-corrected chi connectivity index (χ1v) is 9.06. The third-order valence-electron chi connectivity index (χ3n) is 4.88. The molecule has 0 bridgehead atoms. The van der Waals surface area contributed by atoms with Crippen LogP contribution in [0.15, 0.2) is 18.2 Å². The second-order valence-corrected chi connectivity index (χ2v) is 8.36. The van der Waals surface area contributed by atoms with Gasteiger partial charge in [-0.3, -0.25) is 9.59 Å². The Morgan fingerprint density at radius 2 is 1.79 bits per heavy atom. The number of carbonyl (C=O) groups is 2. The molecule has 2 fully saturated rings. The minimum atomic E-state index is -3.61. The summed E-state index contributed by atoms with van der Waals surface area (Å²) in [7, 11) is -2.15. The van der Waals surface area contributed by atoms with Crippen LogP contribution in [0.5, 0.6) is 0 Å². The van der Waals surface area contributed by atoms with Crippen LogP contribution in [-0.2, 0) is 14.6 Å². The number of benzene rings is 1. The molecule has 1 aromatic carbocycles. The van der Waals surface area contributed by atoms with E-state index in [2.05, 4.69) is 0 Å². The van der Waals surface area contributed by atoms with Gasteiger partial charge in [0.2, 0.25) is 5.91 Å². The summed E-state index contributed by atoms with van der Waals surface area (Å²) in [5, 5.41) is 0. The standard InChI is InChI=1S/C15H16F2N2O4S/c1-18-13(20)9-24(22,23)15(18)4-6-19(7-5-15)14(21)10-2-3-11(16)12(17)8-10/h2-3,8H,4-7,9H2,1H3. The Labute approximate surface area is 138 Å². The smallest absolute Gasteiger partial charge is 0.253 e. The van der Waals surface area contributed by atoms with Gasteiger partial charge >= 0.3 is 0 Å². The van der Waals surface area contributed by atoms with Gasteiger partial charge in [-0.15, -0.1) is 0 Å². The molecule has 9 heteroatoms. The first kappa shape index (κ1) is 16.8. The zero-order valence-corrected chi connectivity index (χ0v) is 13.8. The van der Waals surface area contributed by atoms with Crippen molar-refractivity contribution in [1.29, 1.82) is 0 Å². The number of piperidine rings is 1. The maximum absolute atomic E-state index is 13.3.